The Hall–Kier alpha value is -1.50. The zero-order chi connectivity index (χ0) is 13.2. The molecule has 0 spiro atoms. The van der Waals surface area contributed by atoms with E-state index in [-0.39, 0.29) is 5.75 Å². The van der Waals surface area contributed by atoms with E-state index in [1.807, 2.05) is 0 Å². The number of halogens is 4. The number of benzene rings is 1. The second-order valence-corrected chi connectivity index (χ2v) is 4.42. The minimum atomic E-state index is -4.33. The van der Waals surface area contributed by atoms with Crippen LogP contribution in [0.1, 0.15) is 0 Å². The zero-order valence-corrected chi connectivity index (χ0v) is 10.6. The van der Waals surface area contributed by atoms with E-state index >= 15 is 0 Å². The minimum absolute atomic E-state index is 0.169. The largest absolute Gasteiger partial charge is 0.484 e. The molecule has 0 bridgehead atoms. The van der Waals surface area contributed by atoms with Crippen LogP contribution in [0.2, 0.25) is 0 Å². The summed E-state index contributed by atoms with van der Waals surface area (Å²) in [5.74, 6) is 0.169. The molecule has 0 fully saturated rings. The van der Waals surface area contributed by atoms with Gasteiger partial charge in [0.15, 0.2) is 6.61 Å². The lowest BCUT2D eigenvalue weighted by Gasteiger charge is -2.09. The summed E-state index contributed by atoms with van der Waals surface area (Å²) in [7, 11) is 0. The van der Waals surface area contributed by atoms with Gasteiger partial charge in [0.25, 0.3) is 0 Å². The van der Waals surface area contributed by atoms with Crippen LogP contribution in [0.25, 0.3) is 5.69 Å². The second-order valence-electron chi connectivity index (χ2n) is 3.50. The van der Waals surface area contributed by atoms with E-state index in [1.165, 1.54) is 12.1 Å². The summed E-state index contributed by atoms with van der Waals surface area (Å²) in [5, 5.41) is 4.05. The van der Waals surface area contributed by atoms with Gasteiger partial charge in [0.1, 0.15) is 5.75 Å². The number of hydrogen-bond acceptors (Lipinski definition) is 2. The fourth-order valence-corrected chi connectivity index (χ4v) is 1.59. The van der Waals surface area contributed by atoms with Crippen molar-refractivity contribution in [2.45, 2.75) is 6.18 Å². The standard InChI is InChI=1S/C11H8BrF3N2O/c12-8-5-16-17(6-8)9-1-3-10(4-2-9)18-7-11(13,14)15/h1-6H,7H2. The Morgan fingerprint density at radius 3 is 2.39 bits per heavy atom. The van der Waals surface area contributed by atoms with Crippen molar-refractivity contribution < 1.29 is 17.9 Å². The quantitative estimate of drug-likeness (QED) is 0.864. The third-order valence-corrected chi connectivity index (χ3v) is 2.46. The predicted molar refractivity (Wildman–Crippen MR) is 62.8 cm³/mol. The Bertz CT molecular complexity index is 522. The van der Waals surface area contributed by atoms with Crippen molar-refractivity contribution in [3.05, 3.63) is 41.1 Å². The fraction of sp³-hybridized carbons (Fsp3) is 0.182. The molecule has 0 radical (unpaired) electrons. The summed E-state index contributed by atoms with van der Waals surface area (Å²) in [5.41, 5.74) is 0.736. The molecule has 0 aliphatic heterocycles. The van der Waals surface area contributed by atoms with Crippen molar-refractivity contribution in [1.29, 1.82) is 0 Å². The Morgan fingerprint density at radius 1 is 1.22 bits per heavy atom. The van der Waals surface area contributed by atoms with E-state index in [4.69, 9.17) is 0 Å². The van der Waals surface area contributed by atoms with Gasteiger partial charge in [-0.15, -0.1) is 0 Å². The lowest BCUT2D eigenvalue weighted by atomic mass is 10.3. The molecule has 0 atom stereocenters. The van der Waals surface area contributed by atoms with Gasteiger partial charge in [-0.1, -0.05) is 0 Å². The van der Waals surface area contributed by atoms with Gasteiger partial charge in [0.2, 0.25) is 0 Å². The molecule has 0 saturated heterocycles. The number of hydrogen-bond donors (Lipinski definition) is 0. The minimum Gasteiger partial charge on any atom is -0.484 e. The number of ether oxygens (including phenoxy) is 1. The predicted octanol–water partition coefficient (Wildman–Crippen LogP) is 3.58. The third-order valence-electron chi connectivity index (χ3n) is 2.05. The highest BCUT2D eigenvalue weighted by molar-refractivity contribution is 9.10. The molecule has 0 saturated carbocycles. The smallest absolute Gasteiger partial charge is 0.422 e. The SMILES string of the molecule is FC(F)(F)COc1ccc(-n2cc(Br)cn2)cc1. The van der Waals surface area contributed by atoms with Gasteiger partial charge in [-0.2, -0.15) is 18.3 Å². The topological polar surface area (TPSA) is 27.1 Å². The maximum absolute atomic E-state index is 11.9. The number of alkyl halides is 3. The van der Waals surface area contributed by atoms with Crippen LogP contribution in [-0.2, 0) is 0 Å². The van der Waals surface area contributed by atoms with E-state index in [1.54, 1.807) is 29.2 Å². The molecule has 18 heavy (non-hydrogen) atoms. The molecular weight excluding hydrogens is 313 g/mol. The lowest BCUT2D eigenvalue weighted by Crippen LogP contribution is -2.19. The summed E-state index contributed by atoms with van der Waals surface area (Å²) in [6.45, 7) is -1.29. The molecule has 2 rings (SSSR count). The summed E-state index contributed by atoms with van der Waals surface area (Å²) >= 11 is 3.26. The first-order chi connectivity index (χ1) is 8.44. The van der Waals surface area contributed by atoms with Gasteiger partial charge in [0, 0.05) is 6.20 Å². The molecule has 0 aliphatic carbocycles. The normalized spacial score (nSPS) is 11.6. The first-order valence-corrected chi connectivity index (χ1v) is 5.73. The van der Waals surface area contributed by atoms with Crippen molar-refractivity contribution >= 4 is 15.9 Å². The molecule has 0 amide bonds. The third kappa shape index (κ3) is 3.49. The molecule has 96 valence electrons. The Kier molecular flexibility index (Phi) is 3.60. The molecule has 0 unspecified atom stereocenters. The van der Waals surface area contributed by atoms with Gasteiger partial charge in [0.05, 0.1) is 16.4 Å². The summed E-state index contributed by atoms with van der Waals surface area (Å²) in [4.78, 5) is 0. The van der Waals surface area contributed by atoms with Crippen molar-refractivity contribution in [2.24, 2.45) is 0 Å². The molecule has 7 heteroatoms. The molecule has 1 aromatic heterocycles. The summed E-state index contributed by atoms with van der Waals surface area (Å²) in [6, 6.07) is 6.20. The fourth-order valence-electron chi connectivity index (χ4n) is 1.30. The van der Waals surface area contributed by atoms with Gasteiger partial charge in [-0.05, 0) is 40.2 Å². The highest BCUT2D eigenvalue weighted by atomic mass is 79.9. The van der Waals surface area contributed by atoms with Crippen LogP contribution in [0.15, 0.2) is 41.1 Å². The monoisotopic (exact) mass is 320 g/mol. The Labute approximate surface area is 109 Å². The van der Waals surface area contributed by atoms with Crippen LogP contribution >= 0.6 is 15.9 Å². The van der Waals surface area contributed by atoms with Gasteiger partial charge >= 0.3 is 6.18 Å². The molecule has 1 heterocycles. The summed E-state index contributed by atoms with van der Waals surface area (Å²) < 4.78 is 42.8. The zero-order valence-electron chi connectivity index (χ0n) is 8.99. The van der Waals surface area contributed by atoms with Crippen LogP contribution in [0.3, 0.4) is 0 Å². The molecule has 3 nitrogen and oxygen atoms in total. The second kappa shape index (κ2) is 5.01. The average molecular weight is 321 g/mol. The lowest BCUT2D eigenvalue weighted by molar-refractivity contribution is -0.153. The van der Waals surface area contributed by atoms with E-state index < -0.39 is 12.8 Å². The van der Waals surface area contributed by atoms with Crippen molar-refractivity contribution in [1.82, 2.24) is 9.78 Å². The van der Waals surface area contributed by atoms with Crippen LogP contribution in [0.4, 0.5) is 13.2 Å². The highest BCUT2D eigenvalue weighted by Gasteiger charge is 2.28. The maximum atomic E-state index is 11.9. The molecule has 2 aromatic rings. The first-order valence-electron chi connectivity index (χ1n) is 4.94. The highest BCUT2D eigenvalue weighted by Crippen LogP contribution is 2.20. The van der Waals surface area contributed by atoms with Crippen LogP contribution in [0.5, 0.6) is 5.75 Å². The number of nitrogens with zero attached hydrogens (tertiary/aromatic N) is 2. The van der Waals surface area contributed by atoms with E-state index in [0.717, 1.165) is 10.2 Å². The van der Waals surface area contributed by atoms with Crippen molar-refractivity contribution in [2.75, 3.05) is 6.61 Å². The van der Waals surface area contributed by atoms with Crippen LogP contribution in [0, 0.1) is 0 Å². The first kappa shape index (κ1) is 12.9. The van der Waals surface area contributed by atoms with Gasteiger partial charge < -0.3 is 4.74 Å². The Morgan fingerprint density at radius 2 is 1.89 bits per heavy atom. The molecular formula is C11H8BrF3N2O. The molecule has 0 N–H and O–H groups in total. The van der Waals surface area contributed by atoms with Crippen LogP contribution < -0.4 is 4.74 Å². The molecule has 1 aromatic carbocycles. The van der Waals surface area contributed by atoms with E-state index in [0.29, 0.717) is 0 Å². The molecule has 0 aliphatic rings. The van der Waals surface area contributed by atoms with Crippen LogP contribution in [-0.4, -0.2) is 22.6 Å². The van der Waals surface area contributed by atoms with Gasteiger partial charge in [-0.3, -0.25) is 0 Å². The van der Waals surface area contributed by atoms with E-state index in [9.17, 15) is 13.2 Å². The summed E-state index contributed by atoms with van der Waals surface area (Å²) in [6.07, 6.45) is -0.967. The van der Waals surface area contributed by atoms with Crippen molar-refractivity contribution in [3.63, 3.8) is 0 Å². The maximum Gasteiger partial charge on any atom is 0.422 e. The Balaban J connectivity index is 2.06. The number of aromatic nitrogens is 2. The number of rotatable bonds is 3. The average Bonchev–Trinajstić information content (AvgIpc) is 2.73. The van der Waals surface area contributed by atoms with Crippen molar-refractivity contribution in [3.8, 4) is 11.4 Å². The van der Waals surface area contributed by atoms with Gasteiger partial charge in [-0.25, -0.2) is 4.68 Å². The van der Waals surface area contributed by atoms with E-state index in [2.05, 4.69) is 25.8 Å².